The van der Waals surface area contributed by atoms with Crippen LogP contribution in [0.5, 0.6) is 0 Å². The van der Waals surface area contributed by atoms with Crippen molar-refractivity contribution in [1.82, 2.24) is 5.32 Å². The summed E-state index contributed by atoms with van der Waals surface area (Å²) in [5.41, 5.74) is 0. The van der Waals surface area contributed by atoms with E-state index in [2.05, 4.69) is 19.2 Å². The lowest BCUT2D eigenvalue weighted by Crippen LogP contribution is -2.46. The van der Waals surface area contributed by atoms with Crippen LogP contribution in [0.25, 0.3) is 0 Å². The molecule has 0 bridgehead atoms. The molecule has 8 nitrogen and oxygen atoms in total. The second kappa shape index (κ2) is 52.4. The number of amides is 1. The minimum absolute atomic E-state index is 0.0160. The molecule has 0 fully saturated rings. The quantitative estimate of drug-likeness (QED) is 0.0357. The maximum absolute atomic E-state index is 12.9. The first-order valence-corrected chi connectivity index (χ1v) is 32.3. The van der Waals surface area contributed by atoms with Gasteiger partial charge in [-0.05, 0) is 12.8 Å². The second-order valence-corrected chi connectivity index (χ2v) is 24.2. The Morgan fingerprint density at radius 2 is 0.710 bits per heavy atom. The Morgan fingerprint density at radius 1 is 0.449 bits per heavy atom. The van der Waals surface area contributed by atoms with Crippen molar-refractivity contribution in [2.24, 2.45) is 0 Å². The fourth-order valence-electron chi connectivity index (χ4n) is 9.75. The highest BCUT2D eigenvalue weighted by molar-refractivity contribution is 7.45. The third kappa shape index (κ3) is 55.1. The summed E-state index contributed by atoms with van der Waals surface area (Å²) in [5.74, 6) is -0.159. The Balaban J connectivity index is 3.73. The van der Waals surface area contributed by atoms with E-state index in [9.17, 15) is 19.4 Å². The summed E-state index contributed by atoms with van der Waals surface area (Å²) >= 11 is 0. The van der Waals surface area contributed by atoms with E-state index in [-0.39, 0.29) is 19.1 Å². The third-order valence-electron chi connectivity index (χ3n) is 14.6. The number of hydrogen-bond acceptors (Lipinski definition) is 6. The minimum Gasteiger partial charge on any atom is -0.756 e. The first-order valence-electron chi connectivity index (χ1n) is 30.9. The van der Waals surface area contributed by atoms with Crippen LogP contribution in [0.4, 0.5) is 0 Å². The molecule has 0 spiro atoms. The van der Waals surface area contributed by atoms with Crippen LogP contribution in [-0.4, -0.2) is 68.5 Å². The van der Waals surface area contributed by atoms with Crippen molar-refractivity contribution >= 4 is 13.7 Å². The zero-order valence-electron chi connectivity index (χ0n) is 47.3. The SMILES string of the molecule is CCCCCCCCCCCCCCCCCCCCCCCCCCCCCCCCCCCCCCCCC(=O)NC(COP(=O)([O-])OCC[N+](C)(C)C)C(O)CCCCCCCCCCC. The molecule has 69 heavy (non-hydrogen) atoms. The zero-order chi connectivity index (χ0) is 50.6. The molecular formula is C60H123N2O6P. The molecule has 3 atom stereocenters. The van der Waals surface area contributed by atoms with E-state index in [1.54, 1.807) is 0 Å². The number of likely N-dealkylation sites (N-methyl/N-ethyl adjacent to an activating group) is 1. The van der Waals surface area contributed by atoms with E-state index in [0.29, 0.717) is 23.9 Å². The fourth-order valence-corrected chi connectivity index (χ4v) is 10.5. The Labute approximate surface area is 431 Å². The van der Waals surface area contributed by atoms with Crippen molar-refractivity contribution < 1.29 is 32.9 Å². The van der Waals surface area contributed by atoms with E-state index in [0.717, 1.165) is 38.5 Å². The van der Waals surface area contributed by atoms with Crippen LogP contribution in [0.1, 0.15) is 328 Å². The molecule has 0 radical (unpaired) electrons. The van der Waals surface area contributed by atoms with Crippen molar-refractivity contribution in [2.75, 3.05) is 40.9 Å². The summed E-state index contributed by atoms with van der Waals surface area (Å²) in [5, 5.41) is 13.9. The van der Waals surface area contributed by atoms with E-state index >= 15 is 0 Å². The van der Waals surface area contributed by atoms with Gasteiger partial charge in [-0.1, -0.05) is 309 Å². The smallest absolute Gasteiger partial charge is 0.268 e. The van der Waals surface area contributed by atoms with Gasteiger partial charge >= 0.3 is 0 Å². The number of rotatable bonds is 58. The molecule has 0 aliphatic carbocycles. The van der Waals surface area contributed by atoms with Crippen LogP contribution in [0.3, 0.4) is 0 Å². The molecule has 0 aliphatic rings. The number of hydrogen-bond donors (Lipinski definition) is 2. The van der Waals surface area contributed by atoms with Gasteiger partial charge in [0.2, 0.25) is 5.91 Å². The van der Waals surface area contributed by atoms with E-state index in [4.69, 9.17) is 9.05 Å². The normalized spacial score (nSPS) is 13.8. The molecule has 0 saturated heterocycles. The number of aliphatic hydroxyl groups excluding tert-OH is 1. The van der Waals surface area contributed by atoms with E-state index in [1.165, 1.54) is 263 Å². The predicted octanol–water partition coefficient (Wildman–Crippen LogP) is 18.2. The Morgan fingerprint density at radius 3 is 0.986 bits per heavy atom. The number of carbonyl (C=O) groups is 1. The molecule has 0 aromatic heterocycles. The van der Waals surface area contributed by atoms with Crippen LogP contribution < -0.4 is 10.2 Å². The highest BCUT2D eigenvalue weighted by Crippen LogP contribution is 2.38. The van der Waals surface area contributed by atoms with Crippen LogP contribution in [0, 0.1) is 0 Å². The van der Waals surface area contributed by atoms with Gasteiger partial charge in [0.25, 0.3) is 7.82 Å². The van der Waals surface area contributed by atoms with Gasteiger partial charge in [-0.2, -0.15) is 0 Å². The molecule has 0 aliphatic heterocycles. The summed E-state index contributed by atoms with van der Waals surface area (Å²) in [7, 11) is 1.32. The van der Waals surface area contributed by atoms with Crippen molar-refractivity contribution in [3.05, 3.63) is 0 Å². The largest absolute Gasteiger partial charge is 0.756 e. The van der Waals surface area contributed by atoms with Gasteiger partial charge in [0.15, 0.2) is 0 Å². The van der Waals surface area contributed by atoms with Crippen molar-refractivity contribution in [1.29, 1.82) is 0 Å². The topological polar surface area (TPSA) is 108 Å². The Bertz CT molecular complexity index is 1090. The number of nitrogens with one attached hydrogen (secondary N) is 1. The molecule has 0 aromatic rings. The minimum atomic E-state index is -4.56. The predicted molar refractivity (Wildman–Crippen MR) is 298 cm³/mol. The molecule has 0 heterocycles. The van der Waals surface area contributed by atoms with Gasteiger partial charge in [-0.25, -0.2) is 0 Å². The Kier molecular flexibility index (Phi) is 52.0. The first kappa shape index (κ1) is 68.5. The third-order valence-corrected chi connectivity index (χ3v) is 15.6. The molecule has 0 rings (SSSR count). The van der Waals surface area contributed by atoms with Crippen LogP contribution in [-0.2, 0) is 18.4 Å². The van der Waals surface area contributed by atoms with Gasteiger partial charge < -0.3 is 28.8 Å². The average Bonchev–Trinajstić information content (AvgIpc) is 3.31. The van der Waals surface area contributed by atoms with Gasteiger partial charge in [0.05, 0.1) is 39.9 Å². The van der Waals surface area contributed by atoms with Crippen molar-refractivity contribution in [3.8, 4) is 0 Å². The molecule has 0 saturated carbocycles. The fraction of sp³-hybridized carbons (Fsp3) is 0.983. The first-order chi connectivity index (χ1) is 33.5. The number of phosphoric acid groups is 1. The van der Waals surface area contributed by atoms with E-state index in [1.807, 2.05) is 21.1 Å². The molecule has 0 aromatic carbocycles. The lowest BCUT2D eigenvalue weighted by molar-refractivity contribution is -0.870. The molecule has 2 N–H and O–H groups in total. The number of unbranched alkanes of at least 4 members (excludes halogenated alkanes) is 45. The summed E-state index contributed by atoms with van der Waals surface area (Å²) in [6, 6.07) is -0.793. The summed E-state index contributed by atoms with van der Waals surface area (Å²) < 4.78 is 23.3. The monoisotopic (exact) mass is 999 g/mol. The summed E-state index contributed by atoms with van der Waals surface area (Å²) in [6.45, 7) is 4.74. The number of quaternary nitrogens is 1. The number of phosphoric ester groups is 1. The van der Waals surface area contributed by atoms with E-state index < -0.39 is 20.0 Å². The van der Waals surface area contributed by atoms with Crippen LogP contribution >= 0.6 is 7.82 Å². The molecule has 9 heteroatoms. The highest BCUT2D eigenvalue weighted by atomic mass is 31.2. The summed E-state index contributed by atoms with van der Waals surface area (Å²) in [4.78, 5) is 25.4. The number of aliphatic hydroxyl groups is 1. The molecule has 414 valence electrons. The van der Waals surface area contributed by atoms with Crippen LogP contribution in [0.2, 0.25) is 0 Å². The number of carbonyl (C=O) groups excluding carboxylic acids is 1. The zero-order valence-corrected chi connectivity index (χ0v) is 48.2. The lowest BCUT2D eigenvalue weighted by atomic mass is 10.0. The maximum atomic E-state index is 12.9. The van der Waals surface area contributed by atoms with Gasteiger partial charge in [-0.15, -0.1) is 0 Å². The lowest BCUT2D eigenvalue weighted by Gasteiger charge is -2.30. The van der Waals surface area contributed by atoms with Gasteiger partial charge in [-0.3, -0.25) is 9.36 Å². The maximum Gasteiger partial charge on any atom is 0.268 e. The summed E-state index contributed by atoms with van der Waals surface area (Å²) in [6.07, 6.45) is 63.4. The second-order valence-electron chi connectivity index (χ2n) is 22.8. The standard InChI is InChI=1S/C60H123N2O6P/c1-6-8-10-12-14-16-17-18-19-20-21-22-23-24-25-26-27-28-29-30-31-32-33-34-35-36-37-38-39-40-41-42-43-44-46-48-50-52-54-60(64)61-58(57-68-69(65,66)67-56-55-62(3,4)5)59(63)53-51-49-47-45-15-13-11-9-7-2/h58-59,63H,6-57H2,1-5H3,(H-,61,64,65,66). The molecule has 1 amide bonds. The average molecular weight is 1000 g/mol. The van der Waals surface area contributed by atoms with Crippen molar-refractivity contribution in [2.45, 2.75) is 341 Å². The van der Waals surface area contributed by atoms with Gasteiger partial charge in [0, 0.05) is 6.42 Å². The number of nitrogens with zero attached hydrogens (tertiary/aromatic N) is 1. The Hall–Kier alpha value is -0.500. The highest BCUT2D eigenvalue weighted by Gasteiger charge is 2.24. The molecule has 3 unspecified atom stereocenters. The van der Waals surface area contributed by atoms with Gasteiger partial charge in [0.1, 0.15) is 13.2 Å². The van der Waals surface area contributed by atoms with Crippen molar-refractivity contribution in [3.63, 3.8) is 0 Å². The van der Waals surface area contributed by atoms with Crippen LogP contribution in [0.15, 0.2) is 0 Å². The molecular weight excluding hydrogens is 876 g/mol.